The Hall–Kier alpha value is -3.83. The first-order valence-electron chi connectivity index (χ1n) is 10.2. The zero-order valence-corrected chi connectivity index (χ0v) is 17.1. The minimum Gasteiger partial charge on any atom is -0.489 e. The summed E-state index contributed by atoms with van der Waals surface area (Å²) in [6, 6.07) is 31.4. The van der Waals surface area contributed by atoms with Gasteiger partial charge in [0.15, 0.2) is 6.61 Å². The van der Waals surface area contributed by atoms with Gasteiger partial charge in [0.1, 0.15) is 18.1 Å². The second kappa shape index (κ2) is 10.3. The summed E-state index contributed by atoms with van der Waals surface area (Å²) >= 11 is 0. The van der Waals surface area contributed by atoms with Crippen LogP contribution in [0.15, 0.2) is 97.1 Å². The van der Waals surface area contributed by atoms with E-state index in [2.05, 4.69) is 23.0 Å². The molecule has 0 heterocycles. The highest BCUT2D eigenvalue weighted by Gasteiger charge is 2.10. The van der Waals surface area contributed by atoms with E-state index in [1.54, 1.807) is 0 Å². The summed E-state index contributed by atoms with van der Waals surface area (Å²) in [6.45, 7) is 0.829. The Morgan fingerprint density at radius 1 is 0.742 bits per heavy atom. The van der Waals surface area contributed by atoms with Crippen molar-refractivity contribution in [3.05, 3.63) is 108 Å². The lowest BCUT2D eigenvalue weighted by atomic mass is 10.0. The predicted octanol–water partition coefficient (Wildman–Crippen LogP) is 4.62. The van der Waals surface area contributed by atoms with Crippen LogP contribution in [0.2, 0.25) is 0 Å². The molecule has 0 unspecified atom stereocenters. The maximum Gasteiger partial charge on any atom is 0.271 e. The first kappa shape index (κ1) is 20.4. The van der Waals surface area contributed by atoms with Gasteiger partial charge in [-0.15, -0.1) is 0 Å². The maximum absolute atomic E-state index is 12.1. The van der Waals surface area contributed by atoms with E-state index < -0.39 is 0 Å². The number of hydrazine groups is 1. The molecule has 0 spiro atoms. The highest BCUT2D eigenvalue weighted by atomic mass is 16.5. The second-order valence-corrected chi connectivity index (χ2v) is 7.04. The Morgan fingerprint density at radius 2 is 1.45 bits per heavy atom. The molecule has 4 aromatic carbocycles. The number of benzene rings is 4. The Bertz CT molecular complexity index is 1130. The number of hydrogen-bond acceptors (Lipinski definition) is 4. The fourth-order valence-electron chi connectivity index (χ4n) is 3.30. The molecule has 0 aliphatic heterocycles. The molecule has 4 rings (SSSR count). The number of carbonyl (C=O) groups is 1. The van der Waals surface area contributed by atoms with Gasteiger partial charge in [0.05, 0.1) is 0 Å². The molecule has 0 atom stereocenters. The molecule has 1 amide bonds. The third kappa shape index (κ3) is 5.62. The highest BCUT2D eigenvalue weighted by Crippen LogP contribution is 2.28. The van der Waals surface area contributed by atoms with Crippen LogP contribution in [0.1, 0.15) is 11.1 Å². The summed E-state index contributed by atoms with van der Waals surface area (Å²) < 4.78 is 11.6. The number of rotatable bonds is 9. The first-order valence-corrected chi connectivity index (χ1v) is 10.2. The standard InChI is InChI=1S/C26H24N2O3/c29-26(19-30-22-12-5-2-6-13-22)28-27-17-24-23-14-8-7-11-21(23)15-16-25(24)31-18-20-9-3-1-4-10-20/h1-16,27H,17-19H2,(H,28,29). The largest absolute Gasteiger partial charge is 0.489 e. The van der Waals surface area contributed by atoms with E-state index in [1.165, 1.54) is 0 Å². The predicted molar refractivity (Wildman–Crippen MR) is 122 cm³/mol. The van der Waals surface area contributed by atoms with E-state index in [1.807, 2.05) is 84.9 Å². The summed E-state index contributed by atoms with van der Waals surface area (Å²) in [5, 5.41) is 2.19. The lowest BCUT2D eigenvalue weighted by Gasteiger charge is -2.16. The fraction of sp³-hybridized carbons (Fsp3) is 0.115. The van der Waals surface area contributed by atoms with Crippen molar-refractivity contribution in [2.24, 2.45) is 0 Å². The van der Waals surface area contributed by atoms with Gasteiger partial charge in [-0.25, -0.2) is 5.43 Å². The van der Waals surface area contributed by atoms with Crippen LogP contribution in [0.3, 0.4) is 0 Å². The first-order chi connectivity index (χ1) is 15.3. The van der Waals surface area contributed by atoms with Gasteiger partial charge in [0.2, 0.25) is 0 Å². The van der Waals surface area contributed by atoms with E-state index in [4.69, 9.17) is 9.47 Å². The molecule has 4 aromatic rings. The number of para-hydroxylation sites is 1. The van der Waals surface area contributed by atoms with Crippen molar-refractivity contribution in [3.8, 4) is 11.5 Å². The second-order valence-electron chi connectivity index (χ2n) is 7.04. The minimum absolute atomic E-state index is 0.0656. The van der Waals surface area contributed by atoms with Crippen LogP contribution in [0.4, 0.5) is 0 Å². The third-order valence-electron chi connectivity index (χ3n) is 4.84. The summed E-state index contributed by atoms with van der Waals surface area (Å²) in [5.41, 5.74) is 7.79. The number of ether oxygens (including phenoxy) is 2. The van der Waals surface area contributed by atoms with Crippen LogP contribution in [-0.4, -0.2) is 12.5 Å². The highest BCUT2D eigenvalue weighted by molar-refractivity contribution is 5.87. The molecule has 5 nitrogen and oxygen atoms in total. The van der Waals surface area contributed by atoms with Crippen molar-refractivity contribution in [2.75, 3.05) is 6.61 Å². The lowest BCUT2D eigenvalue weighted by molar-refractivity contribution is -0.124. The molecule has 31 heavy (non-hydrogen) atoms. The quantitative estimate of drug-likeness (QED) is 0.394. The summed E-state index contributed by atoms with van der Waals surface area (Å²) in [7, 11) is 0. The molecular weight excluding hydrogens is 388 g/mol. The monoisotopic (exact) mass is 412 g/mol. The summed E-state index contributed by atoms with van der Waals surface area (Å²) in [4.78, 5) is 12.1. The molecule has 2 N–H and O–H groups in total. The molecule has 0 fully saturated rings. The molecule has 0 aromatic heterocycles. The van der Waals surface area contributed by atoms with Gasteiger partial charge in [-0.1, -0.05) is 78.9 Å². The molecule has 5 heteroatoms. The zero-order valence-electron chi connectivity index (χ0n) is 17.1. The van der Waals surface area contributed by atoms with Crippen molar-refractivity contribution in [1.82, 2.24) is 10.9 Å². The van der Waals surface area contributed by atoms with Gasteiger partial charge >= 0.3 is 0 Å². The van der Waals surface area contributed by atoms with Crippen molar-refractivity contribution in [2.45, 2.75) is 13.2 Å². The minimum atomic E-state index is -0.254. The van der Waals surface area contributed by atoms with Crippen LogP contribution in [0.5, 0.6) is 11.5 Å². The van der Waals surface area contributed by atoms with E-state index >= 15 is 0 Å². The fourth-order valence-corrected chi connectivity index (χ4v) is 3.30. The van der Waals surface area contributed by atoms with Gasteiger partial charge in [0.25, 0.3) is 5.91 Å². The van der Waals surface area contributed by atoms with Crippen LogP contribution in [0.25, 0.3) is 10.8 Å². The SMILES string of the molecule is O=C(COc1ccccc1)NNCc1c(OCc2ccccc2)ccc2ccccc12. The molecule has 156 valence electrons. The summed E-state index contributed by atoms with van der Waals surface area (Å²) in [6.07, 6.45) is 0. The molecule has 0 saturated heterocycles. The molecule has 0 saturated carbocycles. The lowest BCUT2D eigenvalue weighted by Crippen LogP contribution is -2.39. The summed E-state index contributed by atoms with van der Waals surface area (Å²) in [5.74, 6) is 1.18. The van der Waals surface area contributed by atoms with Gasteiger partial charge < -0.3 is 9.47 Å². The van der Waals surface area contributed by atoms with E-state index in [0.29, 0.717) is 18.9 Å². The van der Waals surface area contributed by atoms with Crippen LogP contribution < -0.4 is 20.3 Å². The average Bonchev–Trinajstić information content (AvgIpc) is 2.83. The van der Waals surface area contributed by atoms with Crippen LogP contribution in [0, 0.1) is 0 Å². The molecular formula is C26H24N2O3. The number of fused-ring (bicyclic) bond motifs is 1. The van der Waals surface area contributed by atoms with E-state index in [0.717, 1.165) is 27.6 Å². The molecule has 0 radical (unpaired) electrons. The van der Waals surface area contributed by atoms with E-state index in [-0.39, 0.29) is 12.5 Å². The van der Waals surface area contributed by atoms with E-state index in [9.17, 15) is 4.79 Å². The topological polar surface area (TPSA) is 59.6 Å². The number of nitrogens with one attached hydrogen (secondary N) is 2. The van der Waals surface area contributed by atoms with Gasteiger partial charge in [-0.05, 0) is 34.5 Å². The number of amides is 1. The van der Waals surface area contributed by atoms with Crippen molar-refractivity contribution >= 4 is 16.7 Å². The van der Waals surface area contributed by atoms with Crippen molar-refractivity contribution in [3.63, 3.8) is 0 Å². The third-order valence-corrected chi connectivity index (χ3v) is 4.84. The molecule has 0 bridgehead atoms. The average molecular weight is 412 g/mol. The van der Waals surface area contributed by atoms with Crippen molar-refractivity contribution in [1.29, 1.82) is 0 Å². The smallest absolute Gasteiger partial charge is 0.271 e. The van der Waals surface area contributed by atoms with Gasteiger partial charge in [-0.3, -0.25) is 10.2 Å². The maximum atomic E-state index is 12.1. The van der Waals surface area contributed by atoms with Crippen molar-refractivity contribution < 1.29 is 14.3 Å². The molecule has 0 aliphatic rings. The Kier molecular flexibility index (Phi) is 6.78. The van der Waals surface area contributed by atoms with Crippen LogP contribution >= 0.6 is 0 Å². The normalized spacial score (nSPS) is 10.6. The molecule has 0 aliphatic carbocycles. The van der Waals surface area contributed by atoms with Crippen LogP contribution in [-0.2, 0) is 17.9 Å². The van der Waals surface area contributed by atoms with Gasteiger partial charge in [-0.2, -0.15) is 0 Å². The number of carbonyl (C=O) groups excluding carboxylic acids is 1. The number of hydrogen-bond donors (Lipinski definition) is 2. The van der Waals surface area contributed by atoms with Gasteiger partial charge in [0, 0.05) is 12.1 Å². The Morgan fingerprint density at radius 3 is 2.26 bits per heavy atom. The Balaban J connectivity index is 1.40. The Labute approximate surface area is 181 Å². The zero-order chi connectivity index (χ0) is 21.3.